The molecule has 1 aliphatic carbocycles. The smallest absolute Gasteiger partial charge is 0.227 e. The molecule has 112 valence electrons. The van der Waals surface area contributed by atoms with Crippen molar-refractivity contribution in [1.29, 1.82) is 0 Å². The van der Waals surface area contributed by atoms with Gasteiger partial charge < -0.3 is 9.84 Å². The number of ether oxygens (including phenoxy) is 1. The summed E-state index contributed by atoms with van der Waals surface area (Å²) in [6, 6.07) is 14.0. The lowest BCUT2D eigenvalue weighted by molar-refractivity contribution is 0.0971. The molecule has 0 spiro atoms. The Kier molecular flexibility index (Phi) is 2.91. The van der Waals surface area contributed by atoms with Crippen LogP contribution in [-0.4, -0.2) is 23.3 Å². The molecule has 0 amide bonds. The predicted octanol–water partition coefficient (Wildman–Crippen LogP) is 3.35. The third kappa shape index (κ3) is 1.99. The maximum Gasteiger partial charge on any atom is 0.227 e. The number of benzene rings is 2. The number of Topliss-reactive ketones (excluding diaryl/α,β-unsaturated/α-hetero) is 2. The highest BCUT2D eigenvalue weighted by atomic mass is 16.5. The first kappa shape index (κ1) is 13.5. The second-order valence-corrected chi connectivity index (χ2v) is 5.41. The zero-order valence-corrected chi connectivity index (χ0v) is 12.1. The topological polar surface area (TPSA) is 63.6 Å². The Morgan fingerprint density at radius 1 is 0.826 bits per heavy atom. The van der Waals surface area contributed by atoms with E-state index in [0.717, 1.165) is 0 Å². The molecule has 23 heavy (non-hydrogen) atoms. The highest BCUT2D eigenvalue weighted by Gasteiger charge is 2.30. The van der Waals surface area contributed by atoms with Gasteiger partial charge in [0, 0.05) is 11.1 Å². The molecule has 2 aliphatic rings. The lowest BCUT2D eigenvalue weighted by atomic mass is 9.85. The molecule has 0 radical (unpaired) electrons. The largest absolute Gasteiger partial charge is 0.504 e. The number of hydrogen-bond donors (Lipinski definition) is 1. The second-order valence-electron chi connectivity index (χ2n) is 5.41. The van der Waals surface area contributed by atoms with E-state index in [1.807, 2.05) is 6.07 Å². The van der Waals surface area contributed by atoms with Crippen molar-refractivity contribution in [3.05, 3.63) is 82.6 Å². The van der Waals surface area contributed by atoms with Crippen LogP contribution in [0.2, 0.25) is 0 Å². The van der Waals surface area contributed by atoms with Crippen molar-refractivity contribution in [1.82, 2.24) is 0 Å². The Labute approximate surface area is 132 Å². The van der Waals surface area contributed by atoms with Crippen molar-refractivity contribution >= 4 is 17.1 Å². The summed E-state index contributed by atoms with van der Waals surface area (Å²) in [4.78, 5) is 24.8. The summed E-state index contributed by atoms with van der Waals surface area (Å²) in [6.07, 6.45) is 1.36. The fourth-order valence-electron chi connectivity index (χ4n) is 2.94. The van der Waals surface area contributed by atoms with E-state index in [2.05, 4.69) is 0 Å². The minimum absolute atomic E-state index is 0.109. The van der Waals surface area contributed by atoms with Crippen LogP contribution in [0.3, 0.4) is 0 Å². The van der Waals surface area contributed by atoms with Gasteiger partial charge in [0.05, 0.1) is 5.56 Å². The van der Waals surface area contributed by atoms with E-state index in [-0.39, 0.29) is 18.1 Å². The molecular weight excluding hydrogens is 292 g/mol. The van der Waals surface area contributed by atoms with Gasteiger partial charge in [0.2, 0.25) is 5.78 Å². The van der Waals surface area contributed by atoms with Gasteiger partial charge in [-0.05, 0) is 29.3 Å². The number of aliphatic hydroxyl groups excluding tert-OH is 1. The molecule has 4 nitrogen and oxygen atoms in total. The quantitative estimate of drug-likeness (QED) is 0.758. The van der Waals surface area contributed by atoms with E-state index in [1.54, 1.807) is 42.5 Å². The van der Waals surface area contributed by atoms with Gasteiger partial charge in [-0.25, -0.2) is 0 Å². The van der Waals surface area contributed by atoms with Crippen LogP contribution in [0, 0.1) is 0 Å². The van der Waals surface area contributed by atoms with Gasteiger partial charge in [0.1, 0.15) is 12.4 Å². The number of para-hydroxylation sites is 1. The van der Waals surface area contributed by atoms with Crippen molar-refractivity contribution in [3.63, 3.8) is 0 Å². The first-order valence-corrected chi connectivity index (χ1v) is 7.21. The monoisotopic (exact) mass is 304 g/mol. The van der Waals surface area contributed by atoms with E-state index in [9.17, 15) is 14.7 Å². The summed E-state index contributed by atoms with van der Waals surface area (Å²) >= 11 is 0. The van der Waals surface area contributed by atoms with Crippen molar-refractivity contribution in [2.45, 2.75) is 0 Å². The van der Waals surface area contributed by atoms with Crippen LogP contribution >= 0.6 is 0 Å². The number of carbonyl (C=O) groups is 2. The Hall–Kier alpha value is -3.14. The Balaban J connectivity index is 1.95. The minimum Gasteiger partial charge on any atom is -0.504 e. The van der Waals surface area contributed by atoms with Gasteiger partial charge in [-0.1, -0.05) is 36.4 Å². The number of allylic oxidation sites excluding steroid dienone is 3. The molecule has 1 aliphatic heterocycles. The molecule has 0 atom stereocenters. The number of hydrogen-bond acceptors (Lipinski definition) is 4. The molecule has 1 heterocycles. The zero-order valence-electron chi connectivity index (χ0n) is 12.1. The highest BCUT2D eigenvalue weighted by Crippen LogP contribution is 2.35. The van der Waals surface area contributed by atoms with Crippen LogP contribution in [-0.2, 0) is 0 Å². The molecule has 0 saturated carbocycles. The number of ketones is 2. The Bertz CT molecular complexity index is 918. The van der Waals surface area contributed by atoms with Crippen LogP contribution in [0.25, 0.3) is 5.57 Å². The molecular formula is C19H12O4. The van der Waals surface area contributed by atoms with Crippen LogP contribution in [0.5, 0.6) is 5.75 Å². The SMILES string of the molecule is O=C1/C(=C2\C=C(O)C(=O)c3ccccc32)COc2ccccc21. The van der Waals surface area contributed by atoms with Crippen LogP contribution in [0.15, 0.2) is 65.9 Å². The van der Waals surface area contributed by atoms with Gasteiger partial charge in [-0.3, -0.25) is 9.59 Å². The van der Waals surface area contributed by atoms with E-state index < -0.39 is 5.78 Å². The van der Waals surface area contributed by atoms with Crippen LogP contribution in [0.1, 0.15) is 26.3 Å². The summed E-state index contributed by atoms with van der Waals surface area (Å²) in [6.45, 7) is 0.109. The summed E-state index contributed by atoms with van der Waals surface area (Å²) in [7, 11) is 0. The third-order valence-electron chi connectivity index (χ3n) is 4.08. The zero-order chi connectivity index (χ0) is 16.0. The summed E-state index contributed by atoms with van der Waals surface area (Å²) in [5, 5.41) is 9.93. The fourth-order valence-corrected chi connectivity index (χ4v) is 2.94. The van der Waals surface area contributed by atoms with E-state index >= 15 is 0 Å². The van der Waals surface area contributed by atoms with E-state index in [4.69, 9.17) is 4.74 Å². The molecule has 0 fully saturated rings. The number of rotatable bonds is 0. The maximum atomic E-state index is 12.8. The second kappa shape index (κ2) is 4.95. The van der Waals surface area contributed by atoms with Gasteiger partial charge in [-0.15, -0.1) is 0 Å². The molecule has 0 aromatic heterocycles. The van der Waals surface area contributed by atoms with Gasteiger partial charge in [0.15, 0.2) is 11.5 Å². The summed E-state index contributed by atoms with van der Waals surface area (Å²) in [5.41, 5.74) is 2.50. The van der Waals surface area contributed by atoms with Crippen LogP contribution in [0.4, 0.5) is 0 Å². The molecule has 4 heteroatoms. The number of fused-ring (bicyclic) bond motifs is 2. The number of aliphatic hydroxyl groups is 1. The molecule has 0 saturated heterocycles. The summed E-state index contributed by atoms with van der Waals surface area (Å²) < 4.78 is 5.66. The van der Waals surface area contributed by atoms with Gasteiger partial charge in [-0.2, -0.15) is 0 Å². The van der Waals surface area contributed by atoms with E-state index in [0.29, 0.717) is 33.6 Å². The molecule has 2 aromatic rings. The maximum absolute atomic E-state index is 12.8. The summed E-state index contributed by atoms with van der Waals surface area (Å²) in [5.74, 6) is -0.391. The minimum atomic E-state index is -0.436. The molecule has 2 aromatic carbocycles. The average Bonchev–Trinajstić information content (AvgIpc) is 2.59. The molecule has 0 bridgehead atoms. The predicted molar refractivity (Wildman–Crippen MR) is 84.7 cm³/mol. The highest BCUT2D eigenvalue weighted by molar-refractivity contribution is 6.21. The Morgan fingerprint density at radius 3 is 2.26 bits per heavy atom. The first-order valence-electron chi connectivity index (χ1n) is 7.21. The fraction of sp³-hybridized carbons (Fsp3) is 0.0526. The average molecular weight is 304 g/mol. The third-order valence-corrected chi connectivity index (χ3v) is 4.08. The normalized spacial score (nSPS) is 19.6. The standard InChI is InChI=1S/C19H12O4/c20-16-9-14(11-5-1-2-6-12(11)19(16)22)15-10-23-17-8-4-3-7-13(17)18(15)21/h1-9,20H,10H2/b15-14+. The van der Waals surface area contributed by atoms with Crippen LogP contribution < -0.4 is 4.74 Å². The molecule has 1 N–H and O–H groups in total. The van der Waals surface area contributed by atoms with Crippen molar-refractivity contribution < 1.29 is 19.4 Å². The Morgan fingerprint density at radius 2 is 1.48 bits per heavy atom. The lowest BCUT2D eigenvalue weighted by Crippen LogP contribution is -2.22. The van der Waals surface area contributed by atoms with E-state index in [1.165, 1.54) is 6.08 Å². The van der Waals surface area contributed by atoms with Gasteiger partial charge >= 0.3 is 0 Å². The molecule has 0 unspecified atom stereocenters. The van der Waals surface area contributed by atoms with Gasteiger partial charge in [0.25, 0.3) is 0 Å². The lowest BCUT2D eigenvalue weighted by Gasteiger charge is -2.23. The number of carbonyl (C=O) groups excluding carboxylic acids is 2. The van der Waals surface area contributed by atoms with Crippen molar-refractivity contribution in [2.24, 2.45) is 0 Å². The first-order chi connectivity index (χ1) is 11.2. The van der Waals surface area contributed by atoms with Crippen molar-refractivity contribution in [2.75, 3.05) is 6.61 Å². The molecule has 4 rings (SSSR count). The van der Waals surface area contributed by atoms with Crippen molar-refractivity contribution in [3.8, 4) is 5.75 Å².